The molecule has 0 N–H and O–H groups in total. The number of benzene rings is 2. The largest absolute Gasteiger partial charge is 0.452 e. The summed E-state index contributed by atoms with van der Waals surface area (Å²) < 4.78 is 25.9. The smallest absolute Gasteiger partial charge is 0.173 e. The van der Waals surface area contributed by atoms with Crippen molar-refractivity contribution in [1.82, 2.24) is 0 Å². The van der Waals surface area contributed by atoms with Gasteiger partial charge in [0.2, 0.25) is 0 Å². The summed E-state index contributed by atoms with van der Waals surface area (Å²) in [6.07, 6.45) is 0. The van der Waals surface area contributed by atoms with Crippen molar-refractivity contribution >= 4 is 33.5 Å². The molecule has 122 valence electrons. The number of furan rings is 2. The van der Waals surface area contributed by atoms with Crippen molar-refractivity contribution in [2.24, 2.45) is 0 Å². The van der Waals surface area contributed by atoms with E-state index in [1.54, 1.807) is 13.0 Å². The molecule has 2 nitrogen and oxygen atoms in total. The van der Waals surface area contributed by atoms with Crippen LogP contribution in [0.2, 0.25) is 5.02 Å². The van der Waals surface area contributed by atoms with Gasteiger partial charge in [0.05, 0.1) is 0 Å². The lowest BCUT2D eigenvalue weighted by molar-refractivity contribution is 0.564. The highest BCUT2D eigenvalue weighted by atomic mass is 35.5. The Labute approximate surface area is 143 Å². The molecule has 4 rings (SSSR count). The first-order valence-corrected chi connectivity index (χ1v) is 8.13. The zero-order chi connectivity index (χ0) is 17.2. The minimum Gasteiger partial charge on any atom is -0.452 e. The number of aryl methyl sites for hydroxylation is 4. The highest BCUT2D eigenvalue weighted by molar-refractivity contribution is 6.32. The summed E-state index contributed by atoms with van der Waals surface area (Å²) in [6.45, 7) is 7.56. The predicted octanol–water partition coefficient (Wildman–Crippen LogP) is 6.87. The molecule has 0 atom stereocenters. The molecule has 0 spiro atoms. The van der Waals surface area contributed by atoms with E-state index in [0.29, 0.717) is 27.7 Å². The molecule has 0 radical (unpaired) electrons. The van der Waals surface area contributed by atoms with Gasteiger partial charge in [0.25, 0.3) is 0 Å². The van der Waals surface area contributed by atoms with Crippen LogP contribution in [0.15, 0.2) is 33.1 Å². The Morgan fingerprint density at radius 2 is 1.25 bits per heavy atom. The third kappa shape index (κ3) is 2.08. The zero-order valence-corrected chi connectivity index (χ0v) is 14.6. The molecule has 4 aromatic rings. The molecule has 0 saturated carbocycles. The first-order chi connectivity index (χ1) is 11.4. The zero-order valence-electron chi connectivity index (χ0n) is 13.9. The summed E-state index contributed by atoms with van der Waals surface area (Å²) in [5, 5.41) is 2.43. The van der Waals surface area contributed by atoms with Crippen molar-refractivity contribution in [2.45, 2.75) is 27.7 Å². The normalized spacial score (nSPS) is 11.8. The minimum absolute atomic E-state index is 0.235. The molecule has 4 heteroatoms. The standard InChI is InChI=1S/C20H16ClFO2/c1-9-5-17-13(7-15(9)21)11(3)19(23-17)20-12(4)14-8-16(22)10(2)6-18(14)24-20/h5-8H,1-4H3. The molecule has 0 aliphatic rings. The highest BCUT2D eigenvalue weighted by Gasteiger charge is 2.21. The summed E-state index contributed by atoms with van der Waals surface area (Å²) in [5.74, 6) is 1.07. The van der Waals surface area contributed by atoms with Crippen LogP contribution in [0.4, 0.5) is 4.39 Å². The molecule has 0 aliphatic heterocycles. The van der Waals surface area contributed by atoms with Crippen molar-refractivity contribution in [3.8, 4) is 11.5 Å². The third-order valence-electron chi connectivity index (χ3n) is 4.64. The van der Waals surface area contributed by atoms with Crippen molar-refractivity contribution < 1.29 is 13.2 Å². The maximum Gasteiger partial charge on any atom is 0.173 e. The molecule has 0 bridgehead atoms. The molecule has 24 heavy (non-hydrogen) atoms. The highest BCUT2D eigenvalue weighted by Crippen LogP contribution is 2.40. The van der Waals surface area contributed by atoms with E-state index >= 15 is 0 Å². The Balaban J connectivity index is 2.02. The molecule has 2 aromatic carbocycles. The second-order valence-electron chi connectivity index (χ2n) is 6.31. The molecule has 2 aromatic heterocycles. The van der Waals surface area contributed by atoms with Crippen LogP contribution in [0.3, 0.4) is 0 Å². The Morgan fingerprint density at radius 1 is 0.750 bits per heavy atom. The Kier molecular flexibility index (Phi) is 3.26. The molecule has 0 amide bonds. The van der Waals surface area contributed by atoms with Gasteiger partial charge in [0.15, 0.2) is 11.5 Å². The van der Waals surface area contributed by atoms with Crippen molar-refractivity contribution in [3.63, 3.8) is 0 Å². The van der Waals surface area contributed by atoms with E-state index < -0.39 is 0 Å². The van der Waals surface area contributed by atoms with Crippen molar-refractivity contribution in [2.75, 3.05) is 0 Å². The molecular formula is C20H16ClFO2. The van der Waals surface area contributed by atoms with Crippen LogP contribution in [-0.2, 0) is 0 Å². The van der Waals surface area contributed by atoms with E-state index in [-0.39, 0.29) is 5.82 Å². The summed E-state index contributed by atoms with van der Waals surface area (Å²) in [6, 6.07) is 7.08. The van der Waals surface area contributed by atoms with Gasteiger partial charge in [-0.2, -0.15) is 0 Å². The molecule has 0 saturated heterocycles. The van der Waals surface area contributed by atoms with Gasteiger partial charge in [-0.15, -0.1) is 0 Å². The second kappa shape index (κ2) is 5.12. The summed E-state index contributed by atoms with van der Waals surface area (Å²) in [5.41, 5.74) is 4.79. The quantitative estimate of drug-likeness (QED) is 0.377. The van der Waals surface area contributed by atoms with E-state index in [2.05, 4.69) is 0 Å². The predicted molar refractivity (Wildman–Crippen MR) is 95.3 cm³/mol. The third-order valence-corrected chi connectivity index (χ3v) is 5.05. The summed E-state index contributed by atoms with van der Waals surface area (Å²) in [7, 11) is 0. The van der Waals surface area contributed by atoms with Gasteiger partial charge < -0.3 is 8.83 Å². The lowest BCUT2D eigenvalue weighted by Crippen LogP contribution is -1.81. The fraction of sp³-hybridized carbons (Fsp3) is 0.200. The number of rotatable bonds is 1. The SMILES string of the molecule is Cc1cc2oc(-c3oc4cc(C)c(Cl)cc4c3C)c(C)c2cc1F. The van der Waals surface area contributed by atoms with E-state index in [1.807, 2.05) is 32.9 Å². The topological polar surface area (TPSA) is 26.3 Å². The Bertz CT molecular complexity index is 1030. The fourth-order valence-corrected chi connectivity index (χ4v) is 3.28. The van der Waals surface area contributed by atoms with Crippen molar-refractivity contribution in [3.05, 3.63) is 57.4 Å². The second-order valence-corrected chi connectivity index (χ2v) is 6.71. The van der Waals surface area contributed by atoms with Crippen LogP contribution in [0, 0.1) is 33.5 Å². The Morgan fingerprint density at radius 3 is 1.83 bits per heavy atom. The first kappa shape index (κ1) is 15.3. The van der Waals surface area contributed by atoms with Gasteiger partial charge in [-0.3, -0.25) is 0 Å². The maximum absolute atomic E-state index is 13.9. The van der Waals surface area contributed by atoms with E-state index in [9.17, 15) is 4.39 Å². The molecular weight excluding hydrogens is 327 g/mol. The number of hydrogen-bond donors (Lipinski definition) is 0. The van der Waals surface area contributed by atoms with Crippen LogP contribution in [0.5, 0.6) is 0 Å². The monoisotopic (exact) mass is 342 g/mol. The number of fused-ring (bicyclic) bond motifs is 2. The average molecular weight is 343 g/mol. The van der Waals surface area contributed by atoms with E-state index in [4.69, 9.17) is 20.4 Å². The van der Waals surface area contributed by atoms with Gasteiger partial charge in [-0.05, 0) is 63.1 Å². The molecule has 2 heterocycles. The summed E-state index contributed by atoms with van der Waals surface area (Å²) in [4.78, 5) is 0. The van der Waals surface area contributed by atoms with Gasteiger partial charge in [-0.25, -0.2) is 4.39 Å². The maximum atomic E-state index is 13.9. The average Bonchev–Trinajstić information content (AvgIpc) is 3.00. The van der Waals surface area contributed by atoms with E-state index in [1.165, 1.54) is 6.07 Å². The van der Waals surface area contributed by atoms with Crippen LogP contribution < -0.4 is 0 Å². The van der Waals surface area contributed by atoms with Crippen LogP contribution >= 0.6 is 11.6 Å². The lowest BCUT2D eigenvalue weighted by atomic mass is 10.1. The Hall–Kier alpha value is -2.26. The minimum atomic E-state index is -0.235. The number of halogens is 2. The van der Waals surface area contributed by atoms with Crippen LogP contribution in [0.1, 0.15) is 22.3 Å². The van der Waals surface area contributed by atoms with Gasteiger partial charge in [0, 0.05) is 26.9 Å². The van der Waals surface area contributed by atoms with Crippen molar-refractivity contribution in [1.29, 1.82) is 0 Å². The van der Waals surface area contributed by atoms with Gasteiger partial charge >= 0.3 is 0 Å². The van der Waals surface area contributed by atoms with Gasteiger partial charge in [0.1, 0.15) is 17.0 Å². The molecule has 0 unspecified atom stereocenters. The summed E-state index contributed by atoms with van der Waals surface area (Å²) >= 11 is 6.24. The lowest BCUT2D eigenvalue weighted by Gasteiger charge is -1.96. The molecule has 0 fully saturated rings. The van der Waals surface area contributed by atoms with Gasteiger partial charge in [-0.1, -0.05) is 11.6 Å². The van der Waals surface area contributed by atoms with E-state index in [0.717, 1.165) is 33.0 Å². The fourth-order valence-electron chi connectivity index (χ4n) is 3.12. The van der Waals surface area contributed by atoms with Crippen LogP contribution in [0.25, 0.3) is 33.5 Å². The van der Waals surface area contributed by atoms with Crippen LogP contribution in [-0.4, -0.2) is 0 Å². The first-order valence-electron chi connectivity index (χ1n) is 7.75. The number of hydrogen-bond acceptors (Lipinski definition) is 2. The molecule has 0 aliphatic carbocycles.